The molecule has 37 heavy (non-hydrogen) atoms. The summed E-state index contributed by atoms with van der Waals surface area (Å²) < 4.78 is 12.7. The Kier molecular flexibility index (Phi) is 7.52. The Hall–Kier alpha value is -4.66. The Morgan fingerprint density at radius 2 is 1.54 bits per heavy atom. The van der Waals surface area contributed by atoms with Crippen LogP contribution in [0.2, 0.25) is 0 Å². The van der Waals surface area contributed by atoms with Crippen LogP contribution in [0.4, 0.5) is 0 Å². The number of rotatable bonds is 8. The van der Waals surface area contributed by atoms with Crippen molar-refractivity contribution in [2.45, 2.75) is 26.6 Å². The monoisotopic (exact) mass is 501 g/mol. The summed E-state index contributed by atoms with van der Waals surface area (Å²) in [4.78, 5) is 50.1. The number of nitrogens with zero attached hydrogens (tertiary/aromatic N) is 2. The average molecular weight is 502 g/mol. The molecule has 0 fully saturated rings. The number of benzene rings is 3. The molecule has 0 radical (unpaired) electrons. The number of carbonyl (C=O) groups excluding carboxylic acids is 2. The van der Waals surface area contributed by atoms with Crippen molar-refractivity contribution in [1.82, 2.24) is 14.5 Å². The van der Waals surface area contributed by atoms with Gasteiger partial charge in [-0.05, 0) is 47.0 Å². The molecular weight excluding hydrogens is 474 g/mol. The molecule has 1 aromatic heterocycles. The van der Waals surface area contributed by atoms with Crippen molar-refractivity contribution < 1.29 is 19.1 Å². The predicted octanol–water partition coefficient (Wildman–Crippen LogP) is 2.75. The van der Waals surface area contributed by atoms with Gasteiger partial charge in [0.2, 0.25) is 0 Å². The molecule has 9 nitrogen and oxygen atoms in total. The van der Waals surface area contributed by atoms with Crippen LogP contribution in [0.1, 0.15) is 34.0 Å². The highest BCUT2D eigenvalue weighted by atomic mass is 16.5. The van der Waals surface area contributed by atoms with Gasteiger partial charge in [-0.3, -0.25) is 23.5 Å². The molecule has 0 unspecified atom stereocenters. The number of methoxy groups -OCH3 is 1. The molecule has 0 saturated carbocycles. The standard InChI is InChI=1S/C28H27N3O6/c1-18(32)37-17-21-6-4-20(5-7-21)16-31-27(34)24-14-22(10-13-25(24)30(2)28(31)35)26(33)29-15-19-8-11-23(36-3)12-9-19/h4-14H,15-17H2,1-3H3,(H,29,33). The Labute approximate surface area is 212 Å². The predicted molar refractivity (Wildman–Crippen MR) is 139 cm³/mol. The van der Waals surface area contributed by atoms with Crippen LogP contribution in [-0.4, -0.2) is 28.1 Å². The van der Waals surface area contributed by atoms with E-state index in [0.717, 1.165) is 27.0 Å². The van der Waals surface area contributed by atoms with Crippen molar-refractivity contribution in [3.05, 3.63) is 110 Å². The van der Waals surface area contributed by atoms with Crippen molar-refractivity contribution in [1.29, 1.82) is 0 Å². The van der Waals surface area contributed by atoms with Crippen molar-refractivity contribution >= 4 is 22.8 Å². The van der Waals surface area contributed by atoms with E-state index < -0.39 is 11.2 Å². The lowest BCUT2D eigenvalue weighted by Gasteiger charge is -2.12. The lowest BCUT2D eigenvalue weighted by molar-refractivity contribution is -0.142. The second-order valence-corrected chi connectivity index (χ2v) is 8.59. The summed E-state index contributed by atoms with van der Waals surface area (Å²) in [5.74, 6) is 0.0226. The minimum Gasteiger partial charge on any atom is -0.497 e. The van der Waals surface area contributed by atoms with Gasteiger partial charge in [-0.25, -0.2) is 4.79 Å². The fourth-order valence-electron chi connectivity index (χ4n) is 3.93. The molecule has 9 heteroatoms. The Balaban J connectivity index is 1.58. The smallest absolute Gasteiger partial charge is 0.331 e. The topological polar surface area (TPSA) is 109 Å². The molecule has 1 amide bonds. The molecule has 0 aliphatic carbocycles. The van der Waals surface area contributed by atoms with E-state index in [1.807, 2.05) is 24.3 Å². The van der Waals surface area contributed by atoms with E-state index in [4.69, 9.17) is 9.47 Å². The van der Waals surface area contributed by atoms with Crippen LogP contribution >= 0.6 is 0 Å². The number of amides is 1. The second-order valence-electron chi connectivity index (χ2n) is 8.59. The maximum atomic E-state index is 13.3. The van der Waals surface area contributed by atoms with Crippen LogP contribution in [0.15, 0.2) is 76.3 Å². The van der Waals surface area contributed by atoms with Crippen LogP contribution in [0.5, 0.6) is 5.75 Å². The van der Waals surface area contributed by atoms with Crippen LogP contribution in [0.3, 0.4) is 0 Å². The van der Waals surface area contributed by atoms with Crippen molar-refractivity contribution in [3.8, 4) is 5.75 Å². The summed E-state index contributed by atoms with van der Waals surface area (Å²) in [7, 11) is 3.18. The summed E-state index contributed by atoms with van der Waals surface area (Å²) >= 11 is 0. The van der Waals surface area contributed by atoms with Gasteiger partial charge in [0, 0.05) is 26.1 Å². The molecule has 4 rings (SSSR count). The highest BCUT2D eigenvalue weighted by Gasteiger charge is 2.14. The molecular formula is C28H27N3O6. The van der Waals surface area contributed by atoms with Gasteiger partial charge in [-0.1, -0.05) is 36.4 Å². The number of hydrogen-bond acceptors (Lipinski definition) is 6. The molecule has 4 aromatic rings. The maximum absolute atomic E-state index is 13.3. The van der Waals surface area contributed by atoms with Gasteiger partial charge in [0.1, 0.15) is 12.4 Å². The largest absolute Gasteiger partial charge is 0.497 e. The summed E-state index contributed by atoms with van der Waals surface area (Å²) in [6, 6.07) is 19.2. The third-order valence-electron chi connectivity index (χ3n) is 6.03. The molecule has 0 spiro atoms. The number of nitrogens with one attached hydrogen (secondary N) is 1. The van der Waals surface area contributed by atoms with Gasteiger partial charge in [-0.2, -0.15) is 0 Å². The molecule has 1 N–H and O–H groups in total. The Bertz CT molecular complexity index is 1570. The Morgan fingerprint density at radius 3 is 2.19 bits per heavy atom. The van der Waals surface area contributed by atoms with Gasteiger partial charge >= 0.3 is 11.7 Å². The first kappa shape index (κ1) is 25.4. The summed E-state index contributed by atoms with van der Waals surface area (Å²) in [5.41, 5.74) is 2.25. The third kappa shape index (κ3) is 5.78. The summed E-state index contributed by atoms with van der Waals surface area (Å²) in [5, 5.41) is 3.12. The molecule has 1 heterocycles. The van der Waals surface area contributed by atoms with Crippen LogP contribution < -0.4 is 21.3 Å². The van der Waals surface area contributed by atoms with E-state index in [-0.39, 0.29) is 30.4 Å². The maximum Gasteiger partial charge on any atom is 0.331 e. The number of aromatic nitrogens is 2. The molecule has 0 bridgehead atoms. The highest BCUT2D eigenvalue weighted by Crippen LogP contribution is 2.14. The molecule has 0 aliphatic heterocycles. The summed E-state index contributed by atoms with van der Waals surface area (Å²) in [6.45, 7) is 1.86. The second kappa shape index (κ2) is 10.9. The van der Waals surface area contributed by atoms with Gasteiger partial charge < -0.3 is 14.8 Å². The zero-order valence-corrected chi connectivity index (χ0v) is 20.8. The van der Waals surface area contributed by atoms with E-state index in [9.17, 15) is 19.2 Å². The zero-order chi connectivity index (χ0) is 26.5. The fraction of sp³-hybridized carbons (Fsp3) is 0.214. The molecule has 3 aromatic carbocycles. The quantitative estimate of drug-likeness (QED) is 0.372. The minimum absolute atomic E-state index is 0.0587. The van der Waals surface area contributed by atoms with E-state index >= 15 is 0 Å². The van der Waals surface area contributed by atoms with E-state index in [1.54, 1.807) is 50.6 Å². The van der Waals surface area contributed by atoms with Gasteiger partial charge in [0.25, 0.3) is 11.5 Å². The lowest BCUT2D eigenvalue weighted by Crippen LogP contribution is -2.39. The van der Waals surface area contributed by atoms with Gasteiger partial charge in [0.15, 0.2) is 0 Å². The first-order chi connectivity index (χ1) is 17.8. The minimum atomic E-state index is -0.480. The zero-order valence-electron chi connectivity index (χ0n) is 20.8. The van der Waals surface area contributed by atoms with Crippen molar-refractivity contribution in [2.24, 2.45) is 7.05 Å². The third-order valence-corrected chi connectivity index (χ3v) is 6.03. The lowest BCUT2D eigenvalue weighted by atomic mass is 10.1. The normalized spacial score (nSPS) is 10.8. The SMILES string of the molecule is COc1ccc(CNC(=O)c2ccc3c(c2)c(=O)n(Cc2ccc(COC(C)=O)cc2)c(=O)n3C)cc1. The van der Waals surface area contributed by atoms with Crippen LogP contribution in [0.25, 0.3) is 10.9 Å². The number of fused-ring (bicyclic) bond motifs is 1. The summed E-state index contributed by atoms with van der Waals surface area (Å²) in [6.07, 6.45) is 0. The molecule has 0 aliphatic rings. The molecule has 190 valence electrons. The number of ether oxygens (including phenoxy) is 2. The van der Waals surface area contributed by atoms with E-state index in [2.05, 4.69) is 5.32 Å². The number of esters is 1. The fourth-order valence-corrected chi connectivity index (χ4v) is 3.93. The van der Waals surface area contributed by atoms with E-state index in [1.165, 1.54) is 17.6 Å². The van der Waals surface area contributed by atoms with E-state index in [0.29, 0.717) is 17.6 Å². The number of hydrogen-bond donors (Lipinski definition) is 1. The number of aryl methyl sites for hydroxylation is 1. The van der Waals surface area contributed by atoms with Gasteiger partial charge in [0.05, 0.1) is 24.6 Å². The Morgan fingerprint density at radius 1 is 0.892 bits per heavy atom. The van der Waals surface area contributed by atoms with Crippen LogP contribution in [0, 0.1) is 0 Å². The number of carbonyl (C=O) groups is 2. The first-order valence-corrected chi connectivity index (χ1v) is 11.6. The van der Waals surface area contributed by atoms with Crippen molar-refractivity contribution in [2.75, 3.05) is 7.11 Å². The van der Waals surface area contributed by atoms with Crippen LogP contribution in [-0.2, 0) is 36.3 Å². The molecule has 0 atom stereocenters. The van der Waals surface area contributed by atoms with Crippen molar-refractivity contribution in [3.63, 3.8) is 0 Å². The first-order valence-electron chi connectivity index (χ1n) is 11.6. The highest BCUT2D eigenvalue weighted by molar-refractivity contribution is 5.97. The average Bonchev–Trinajstić information content (AvgIpc) is 2.92. The molecule has 0 saturated heterocycles. The van der Waals surface area contributed by atoms with Gasteiger partial charge in [-0.15, -0.1) is 0 Å².